The van der Waals surface area contributed by atoms with E-state index in [9.17, 15) is 10.1 Å². The van der Waals surface area contributed by atoms with Crippen LogP contribution in [0, 0.1) is 17.2 Å². The molecule has 1 fully saturated rings. The molecule has 0 bridgehead atoms. The molecule has 0 unspecified atom stereocenters. The van der Waals surface area contributed by atoms with Crippen molar-refractivity contribution < 1.29 is 9.53 Å². The molecule has 3 atom stereocenters. The first-order chi connectivity index (χ1) is 8.65. The molecule has 18 heavy (non-hydrogen) atoms. The molecule has 0 amide bonds. The van der Waals surface area contributed by atoms with Crippen molar-refractivity contribution in [3.63, 3.8) is 0 Å². The molecule has 1 aliphatic heterocycles. The molecule has 0 aromatic heterocycles. The van der Waals surface area contributed by atoms with E-state index in [1.54, 1.807) is 0 Å². The van der Waals surface area contributed by atoms with Gasteiger partial charge in [0.05, 0.1) is 19.1 Å². The summed E-state index contributed by atoms with van der Waals surface area (Å²) in [5.41, 5.74) is 1.01. The van der Waals surface area contributed by atoms with E-state index in [0.717, 1.165) is 10.0 Å². The van der Waals surface area contributed by atoms with Crippen molar-refractivity contribution in [3.8, 4) is 6.07 Å². The maximum absolute atomic E-state index is 11.5. The van der Waals surface area contributed by atoms with Crippen LogP contribution in [-0.2, 0) is 9.53 Å². The van der Waals surface area contributed by atoms with Gasteiger partial charge in [0, 0.05) is 10.5 Å². The van der Waals surface area contributed by atoms with E-state index < -0.39 is 6.04 Å². The number of nitrogens with zero attached hydrogens (tertiary/aromatic N) is 1. The van der Waals surface area contributed by atoms with Gasteiger partial charge in [-0.3, -0.25) is 10.1 Å². The summed E-state index contributed by atoms with van der Waals surface area (Å²) in [6, 6.07) is 9.50. The molecule has 0 saturated carbocycles. The molecule has 5 heteroatoms. The van der Waals surface area contributed by atoms with Gasteiger partial charge >= 0.3 is 5.97 Å². The summed E-state index contributed by atoms with van der Waals surface area (Å²) in [5.74, 6) is -0.523. The van der Waals surface area contributed by atoms with Gasteiger partial charge in [0.2, 0.25) is 0 Å². The van der Waals surface area contributed by atoms with Crippen LogP contribution in [0.3, 0.4) is 0 Å². The Bertz CT molecular complexity index is 481. The normalized spacial score (nSPS) is 26.6. The van der Waals surface area contributed by atoms with E-state index in [2.05, 4.69) is 27.3 Å². The lowest BCUT2D eigenvalue weighted by Crippen LogP contribution is -2.33. The van der Waals surface area contributed by atoms with E-state index in [4.69, 9.17) is 4.74 Å². The van der Waals surface area contributed by atoms with E-state index in [1.807, 2.05) is 24.3 Å². The Balaban J connectivity index is 2.20. The highest BCUT2D eigenvalue weighted by Crippen LogP contribution is 2.33. The van der Waals surface area contributed by atoms with Gasteiger partial charge in [0.15, 0.2) is 0 Å². The molecule has 94 valence electrons. The summed E-state index contributed by atoms with van der Waals surface area (Å²) < 4.78 is 5.70. The fraction of sp³-hybridized carbons (Fsp3) is 0.385. The molecule has 0 radical (unpaired) electrons. The maximum atomic E-state index is 11.5. The van der Waals surface area contributed by atoms with Crippen molar-refractivity contribution >= 4 is 21.9 Å². The zero-order valence-corrected chi connectivity index (χ0v) is 11.5. The number of hydrogen-bond donors (Lipinski definition) is 1. The third-order valence-electron chi connectivity index (χ3n) is 3.15. The van der Waals surface area contributed by atoms with Crippen molar-refractivity contribution in [2.75, 3.05) is 7.11 Å². The second kappa shape index (κ2) is 5.51. The second-order valence-corrected chi connectivity index (χ2v) is 5.16. The summed E-state index contributed by atoms with van der Waals surface area (Å²) in [6.45, 7) is 0. The van der Waals surface area contributed by atoms with Crippen LogP contribution in [0.2, 0.25) is 0 Å². The minimum atomic E-state index is -0.395. The number of hydrogen-bond acceptors (Lipinski definition) is 4. The van der Waals surface area contributed by atoms with Crippen LogP contribution in [-0.4, -0.2) is 19.1 Å². The Labute approximate surface area is 114 Å². The highest BCUT2D eigenvalue weighted by atomic mass is 79.9. The largest absolute Gasteiger partial charge is 0.468 e. The highest BCUT2D eigenvalue weighted by molar-refractivity contribution is 9.10. The van der Waals surface area contributed by atoms with Crippen molar-refractivity contribution in [1.29, 1.82) is 5.26 Å². The number of nitrogens with one attached hydrogen (secondary N) is 1. The standard InChI is InChI=1S/C13H13BrN2O2/c1-18-13(17)11-6-9(7-15)12(16-11)8-2-4-10(14)5-3-8/h2-5,9,11-12,16H,6H2,1H3/t9-,11+,12+/m1/s1. The number of rotatable bonds is 2. The average molecular weight is 309 g/mol. The fourth-order valence-electron chi connectivity index (χ4n) is 2.22. The number of benzene rings is 1. The molecule has 1 N–H and O–H groups in total. The van der Waals surface area contributed by atoms with Crippen LogP contribution in [0.4, 0.5) is 0 Å². The van der Waals surface area contributed by atoms with Gasteiger partial charge in [0.1, 0.15) is 6.04 Å². The zero-order valence-electron chi connectivity index (χ0n) is 9.89. The van der Waals surface area contributed by atoms with E-state index in [-0.39, 0.29) is 17.9 Å². The summed E-state index contributed by atoms with van der Waals surface area (Å²) >= 11 is 3.37. The Morgan fingerprint density at radius 2 is 2.17 bits per heavy atom. The summed E-state index contributed by atoms with van der Waals surface area (Å²) in [4.78, 5) is 11.5. The molecular weight excluding hydrogens is 296 g/mol. The van der Waals surface area contributed by atoms with Crippen molar-refractivity contribution in [3.05, 3.63) is 34.3 Å². The molecule has 0 aliphatic carbocycles. The lowest BCUT2D eigenvalue weighted by molar-refractivity contribution is -0.142. The van der Waals surface area contributed by atoms with Gasteiger partial charge < -0.3 is 4.74 Å². The van der Waals surface area contributed by atoms with Crippen molar-refractivity contribution in [2.24, 2.45) is 5.92 Å². The monoisotopic (exact) mass is 308 g/mol. The smallest absolute Gasteiger partial charge is 0.322 e. The van der Waals surface area contributed by atoms with Gasteiger partial charge in [-0.2, -0.15) is 5.26 Å². The Hall–Kier alpha value is -1.38. The van der Waals surface area contributed by atoms with Gasteiger partial charge in [-0.1, -0.05) is 28.1 Å². The molecule has 1 aromatic carbocycles. The number of methoxy groups -OCH3 is 1. The zero-order chi connectivity index (χ0) is 13.1. The predicted octanol–water partition coefficient (Wildman–Crippen LogP) is 2.16. The van der Waals surface area contributed by atoms with Gasteiger partial charge in [0.25, 0.3) is 0 Å². The molecule has 2 rings (SSSR count). The van der Waals surface area contributed by atoms with Gasteiger partial charge in [-0.05, 0) is 24.1 Å². The summed E-state index contributed by atoms with van der Waals surface area (Å²) in [6.07, 6.45) is 0.490. The van der Waals surface area contributed by atoms with Crippen LogP contribution < -0.4 is 5.32 Å². The third kappa shape index (κ3) is 2.55. The fourth-order valence-corrected chi connectivity index (χ4v) is 2.49. The van der Waals surface area contributed by atoms with Crippen LogP contribution in [0.25, 0.3) is 0 Å². The highest BCUT2D eigenvalue weighted by Gasteiger charge is 2.38. The third-order valence-corrected chi connectivity index (χ3v) is 3.68. The lowest BCUT2D eigenvalue weighted by Gasteiger charge is -2.15. The second-order valence-electron chi connectivity index (χ2n) is 4.24. The number of nitriles is 1. The molecule has 1 saturated heterocycles. The van der Waals surface area contributed by atoms with Gasteiger partial charge in [-0.15, -0.1) is 0 Å². The first kappa shape index (κ1) is 13.1. The van der Waals surface area contributed by atoms with Crippen LogP contribution >= 0.6 is 15.9 Å². The SMILES string of the molecule is COC(=O)[C@@H]1C[C@H](C#N)[C@H](c2ccc(Br)cc2)N1. The van der Waals surface area contributed by atoms with Gasteiger partial charge in [-0.25, -0.2) is 0 Å². The van der Waals surface area contributed by atoms with Crippen LogP contribution in [0.1, 0.15) is 18.0 Å². The summed E-state index contributed by atoms with van der Waals surface area (Å²) in [5, 5.41) is 12.3. The molecule has 0 spiro atoms. The molecule has 1 heterocycles. The van der Waals surface area contributed by atoms with Crippen LogP contribution in [0.15, 0.2) is 28.7 Å². The molecule has 4 nitrogen and oxygen atoms in total. The first-order valence-electron chi connectivity index (χ1n) is 5.64. The average Bonchev–Trinajstić information content (AvgIpc) is 2.83. The van der Waals surface area contributed by atoms with Crippen LogP contribution in [0.5, 0.6) is 0 Å². The predicted molar refractivity (Wildman–Crippen MR) is 69.5 cm³/mol. The lowest BCUT2D eigenvalue weighted by atomic mass is 9.95. The Morgan fingerprint density at radius 3 is 2.72 bits per heavy atom. The van der Waals surface area contributed by atoms with E-state index in [1.165, 1.54) is 7.11 Å². The minimum Gasteiger partial charge on any atom is -0.468 e. The minimum absolute atomic E-state index is 0.118. The number of carbonyl (C=O) groups excluding carboxylic acids is 1. The number of esters is 1. The quantitative estimate of drug-likeness (QED) is 0.851. The molecule has 1 aromatic rings. The Morgan fingerprint density at radius 1 is 1.50 bits per heavy atom. The van der Waals surface area contributed by atoms with Crippen molar-refractivity contribution in [2.45, 2.75) is 18.5 Å². The number of carbonyl (C=O) groups is 1. The number of ether oxygens (including phenoxy) is 1. The molecular formula is C13H13BrN2O2. The van der Waals surface area contributed by atoms with Crippen molar-refractivity contribution in [1.82, 2.24) is 5.32 Å². The topological polar surface area (TPSA) is 62.1 Å². The molecule has 1 aliphatic rings. The Kier molecular flexibility index (Phi) is 4.00. The first-order valence-corrected chi connectivity index (χ1v) is 6.44. The van der Waals surface area contributed by atoms with E-state index >= 15 is 0 Å². The number of halogens is 1. The summed E-state index contributed by atoms with van der Waals surface area (Å²) in [7, 11) is 1.36. The van der Waals surface area contributed by atoms with E-state index in [0.29, 0.717) is 6.42 Å². The maximum Gasteiger partial charge on any atom is 0.322 e.